The molecular formula is C13H17N3O4. The van der Waals surface area contributed by atoms with Gasteiger partial charge in [0.1, 0.15) is 5.54 Å². The minimum Gasteiger partial charge on any atom is -0.479 e. The molecule has 1 unspecified atom stereocenters. The smallest absolute Gasteiger partial charge is 0.329 e. The van der Waals surface area contributed by atoms with Gasteiger partial charge in [0, 0.05) is 18.8 Å². The Balaban J connectivity index is 2.50. The van der Waals surface area contributed by atoms with Crippen LogP contribution in [0.4, 0.5) is 11.5 Å². The molecule has 0 aliphatic carbocycles. The van der Waals surface area contributed by atoms with Crippen LogP contribution >= 0.6 is 0 Å². The van der Waals surface area contributed by atoms with Crippen molar-refractivity contribution in [3.8, 4) is 0 Å². The molecule has 2 heterocycles. The molecule has 7 nitrogen and oxygen atoms in total. The van der Waals surface area contributed by atoms with Crippen LogP contribution in [0, 0.1) is 10.1 Å². The summed E-state index contributed by atoms with van der Waals surface area (Å²) in [6.07, 6.45) is 3.79. The minimum absolute atomic E-state index is 0.142. The van der Waals surface area contributed by atoms with Gasteiger partial charge in [-0.25, -0.2) is 9.78 Å². The SMILES string of the molecule is CCCC1(C(=O)O)CCCN1c1ncccc1[N+](=O)[O-]. The summed E-state index contributed by atoms with van der Waals surface area (Å²) >= 11 is 0. The molecule has 1 aromatic rings. The van der Waals surface area contributed by atoms with Gasteiger partial charge in [-0.2, -0.15) is 0 Å². The molecule has 0 aromatic carbocycles. The first-order valence-corrected chi connectivity index (χ1v) is 6.63. The molecule has 7 heteroatoms. The average Bonchev–Trinajstić information content (AvgIpc) is 2.84. The first-order chi connectivity index (χ1) is 9.53. The van der Waals surface area contributed by atoms with Gasteiger partial charge in [0.2, 0.25) is 5.82 Å². The molecule has 1 aromatic heterocycles. The van der Waals surface area contributed by atoms with Crippen molar-refractivity contribution in [3.05, 3.63) is 28.4 Å². The number of carboxylic acids is 1. The van der Waals surface area contributed by atoms with Gasteiger partial charge in [0.05, 0.1) is 4.92 Å². The minimum atomic E-state index is -1.08. The third-order valence-electron chi connectivity index (χ3n) is 3.77. The molecule has 20 heavy (non-hydrogen) atoms. The molecule has 0 bridgehead atoms. The van der Waals surface area contributed by atoms with Crippen molar-refractivity contribution in [2.75, 3.05) is 11.4 Å². The van der Waals surface area contributed by atoms with Crippen LogP contribution in [0.1, 0.15) is 32.6 Å². The third kappa shape index (κ3) is 2.19. The lowest BCUT2D eigenvalue weighted by atomic mass is 9.90. The van der Waals surface area contributed by atoms with Gasteiger partial charge >= 0.3 is 11.7 Å². The molecule has 0 saturated carbocycles. The Labute approximate surface area is 116 Å². The van der Waals surface area contributed by atoms with E-state index in [1.165, 1.54) is 18.3 Å². The largest absolute Gasteiger partial charge is 0.479 e. The highest BCUT2D eigenvalue weighted by Gasteiger charge is 2.49. The number of rotatable bonds is 5. The van der Waals surface area contributed by atoms with Crippen LogP contribution in [0.25, 0.3) is 0 Å². The van der Waals surface area contributed by atoms with Gasteiger partial charge in [0.15, 0.2) is 0 Å². The maximum atomic E-state index is 11.7. The summed E-state index contributed by atoms with van der Waals surface area (Å²) in [6.45, 7) is 2.39. The predicted octanol–water partition coefficient (Wildman–Crippen LogP) is 2.21. The summed E-state index contributed by atoms with van der Waals surface area (Å²) < 4.78 is 0. The van der Waals surface area contributed by atoms with Crippen LogP contribution in [0.5, 0.6) is 0 Å². The van der Waals surface area contributed by atoms with E-state index in [4.69, 9.17) is 0 Å². The maximum absolute atomic E-state index is 11.7. The van der Waals surface area contributed by atoms with Crippen LogP contribution in [0.3, 0.4) is 0 Å². The molecule has 1 atom stereocenters. The first kappa shape index (κ1) is 14.2. The van der Waals surface area contributed by atoms with E-state index >= 15 is 0 Å². The molecule has 108 valence electrons. The Kier molecular flexibility index (Phi) is 3.87. The molecule has 2 rings (SSSR count). The van der Waals surface area contributed by atoms with E-state index in [2.05, 4.69) is 4.98 Å². The van der Waals surface area contributed by atoms with Gasteiger partial charge in [-0.1, -0.05) is 13.3 Å². The zero-order valence-corrected chi connectivity index (χ0v) is 11.3. The molecule has 0 radical (unpaired) electrons. The molecule has 0 spiro atoms. The number of aromatic nitrogens is 1. The zero-order valence-electron chi connectivity index (χ0n) is 11.3. The van der Waals surface area contributed by atoms with Crippen LogP contribution in [0.15, 0.2) is 18.3 Å². The molecule has 1 N–H and O–H groups in total. The van der Waals surface area contributed by atoms with Crippen LogP contribution in [0.2, 0.25) is 0 Å². The lowest BCUT2D eigenvalue weighted by Crippen LogP contribution is -2.51. The van der Waals surface area contributed by atoms with E-state index in [1.807, 2.05) is 6.92 Å². The monoisotopic (exact) mass is 279 g/mol. The molecule has 1 fully saturated rings. The Morgan fingerprint density at radius 2 is 2.40 bits per heavy atom. The molecule has 0 amide bonds. The summed E-state index contributed by atoms with van der Waals surface area (Å²) in [6, 6.07) is 2.85. The average molecular weight is 279 g/mol. The molecule has 1 aliphatic rings. The van der Waals surface area contributed by atoms with Gasteiger partial charge in [-0.15, -0.1) is 0 Å². The highest BCUT2D eigenvalue weighted by molar-refractivity contribution is 5.85. The van der Waals surface area contributed by atoms with Crippen LogP contribution in [-0.4, -0.2) is 33.1 Å². The van der Waals surface area contributed by atoms with Gasteiger partial charge in [0.25, 0.3) is 0 Å². The van der Waals surface area contributed by atoms with Crippen molar-refractivity contribution in [1.29, 1.82) is 0 Å². The molecule has 1 aliphatic heterocycles. The highest BCUT2D eigenvalue weighted by Crippen LogP contribution is 2.40. The molecule has 1 saturated heterocycles. The summed E-state index contributed by atoms with van der Waals surface area (Å²) in [5.41, 5.74) is -1.22. The second-order valence-corrected chi connectivity index (χ2v) is 4.95. The maximum Gasteiger partial charge on any atom is 0.329 e. The Morgan fingerprint density at radius 1 is 1.65 bits per heavy atom. The molecular weight excluding hydrogens is 262 g/mol. The van der Waals surface area contributed by atoms with Crippen LogP contribution in [-0.2, 0) is 4.79 Å². The summed E-state index contributed by atoms with van der Waals surface area (Å²) in [4.78, 5) is 28.0. The second kappa shape index (κ2) is 5.44. The lowest BCUT2D eigenvalue weighted by Gasteiger charge is -2.35. The Hall–Kier alpha value is -2.18. The number of anilines is 1. The van der Waals surface area contributed by atoms with E-state index in [0.29, 0.717) is 32.2 Å². The Morgan fingerprint density at radius 3 is 3.00 bits per heavy atom. The van der Waals surface area contributed by atoms with Crippen molar-refractivity contribution in [2.24, 2.45) is 0 Å². The lowest BCUT2D eigenvalue weighted by molar-refractivity contribution is -0.384. The summed E-state index contributed by atoms with van der Waals surface area (Å²) in [7, 11) is 0. The highest BCUT2D eigenvalue weighted by atomic mass is 16.6. The van der Waals surface area contributed by atoms with Crippen molar-refractivity contribution < 1.29 is 14.8 Å². The van der Waals surface area contributed by atoms with Crippen molar-refractivity contribution in [3.63, 3.8) is 0 Å². The number of hydrogen-bond donors (Lipinski definition) is 1. The normalized spacial score (nSPS) is 21.9. The van der Waals surface area contributed by atoms with Crippen LogP contribution < -0.4 is 4.90 Å². The Bertz CT molecular complexity index is 534. The van der Waals surface area contributed by atoms with E-state index in [9.17, 15) is 20.0 Å². The van der Waals surface area contributed by atoms with Gasteiger partial charge < -0.3 is 10.0 Å². The second-order valence-electron chi connectivity index (χ2n) is 4.95. The number of carboxylic acid groups (broad SMARTS) is 1. The number of pyridine rings is 1. The zero-order chi connectivity index (χ0) is 14.8. The quantitative estimate of drug-likeness (QED) is 0.655. The number of nitrogens with zero attached hydrogens (tertiary/aromatic N) is 3. The first-order valence-electron chi connectivity index (χ1n) is 6.63. The van der Waals surface area contributed by atoms with E-state index in [1.54, 1.807) is 4.90 Å². The summed E-state index contributed by atoms with van der Waals surface area (Å²) in [5, 5.41) is 20.7. The standard InChI is InChI=1S/C13H17N3O4/c1-2-6-13(12(17)18)7-4-9-15(13)11-10(16(19)20)5-3-8-14-11/h3,5,8H,2,4,6-7,9H2,1H3,(H,17,18). The number of carbonyl (C=O) groups is 1. The topological polar surface area (TPSA) is 96.6 Å². The number of nitro groups is 1. The van der Waals surface area contributed by atoms with E-state index < -0.39 is 16.4 Å². The van der Waals surface area contributed by atoms with E-state index in [-0.39, 0.29) is 11.5 Å². The van der Waals surface area contributed by atoms with Crippen molar-refractivity contribution in [1.82, 2.24) is 4.98 Å². The fourth-order valence-electron chi connectivity index (χ4n) is 2.93. The predicted molar refractivity (Wildman–Crippen MR) is 72.7 cm³/mol. The van der Waals surface area contributed by atoms with Gasteiger partial charge in [-0.3, -0.25) is 10.1 Å². The van der Waals surface area contributed by atoms with E-state index in [0.717, 1.165) is 0 Å². The summed E-state index contributed by atoms with van der Waals surface area (Å²) in [5.74, 6) is -0.775. The third-order valence-corrected chi connectivity index (χ3v) is 3.77. The number of hydrogen-bond acceptors (Lipinski definition) is 5. The van der Waals surface area contributed by atoms with Crippen molar-refractivity contribution >= 4 is 17.5 Å². The fraction of sp³-hybridized carbons (Fsp3) is 0.538. The van der Waals surface area contributed by atoms with Gasteiger partial charge in [-0.05, 0) is 25.3 Å². The number of aliphatic carboxylic acids is 1. The van der Waals surface area contributed by atoms with Crippen molar-refractivity contribution in [2.45, 2.75) is 38.1 Å². The fourth-order valence-corrected chi connectivity index (χ4v) is 2.93.